The monoisotopic (exact) mass is 430 g/mol. The largest absolute Gasteiger partial charge is 0.319 e. The van der Waals surface area contributed by atoms with Crippen molar-refractivity contribution in [2.24, 2.45) is 0 Å². The summed E-state index contributed by atoms with van der Waals surface area (Å²) in [5, 5.41) is 8.03. The molecular formula is C25H23ClN4O. The Morgan fingerprint density at radius 2 is 1.81 bits per heavy atom. The lowest BCUT2D eigenvalue weighted by molar-refractivity contribution is 0.101. The Hall–Kier alpha value is -3.44. The molecule has 0 bridgehead atoms. The summed E-state index contributed by atoms with van der Waals surface area (Å²) in [6.45, 7) is 6.05. The van der Waals surface area contributed by atoms with E-state index in [-0.39, 0.29) is 11.7 Å². The van der Waals surface area contributed by atoms with Crippen LogP contribution in [-0.4, -0.2) is 20.7 Å². The molecule has 3 aromatic carbocycles. The third-order valence-corrected chi connectivity index (χ3v) is 5.51. The van der Waals surface area contributed by atoms with Crippen LogP contribution >= 0.6 is 11.6 Å². The second-order valence-electron chi connectivity index (χ2n) is 7.48. The van der Waals surface area contributed by atoms with Gasteiger partial charge < -0.3 is 5.32 Å². The first-order chi connectivity index (χ1) is 14.9. The Balaban J connectivity index is 1.74. The molecule has 1 amide bonds. The second kappa shape index (κ2) is 8.74. The molecule has 156 valence electrons. The number of carbonyl (C=O) groups excluding carboxylic acids is 1. The van der Waals surface area contributed by atoms with Crippen molar-refractivity contribution in [1.82, 2.24) is 14.8 Å². The van der Waals surface area contributed by atoms with Crippen molar-refractivity contribution >= 4 is 23.2 Å². The van der Waals surface area contributed by atoms with Gasteiger partial charge in [0.1, 0.15) is 0 Å². The van der Waals surface area contributed by atoms with E-state index in [0.29, 0.717) is 16.5 Å². The van der Waals surface area contributed by atoms with Gasteiger partial charge in [-0.1, -0.05) is 60.5 Å². The number of benzene rings is 3. The SMILES string of the molecule is CCc1ccc(NC(=O)c2nc(-c3cccc(C)c3)n(-c3ccc(C)c(Cl)c3)n2)cc1. The predicted octanol–water partition coefficient (Wildman–Crippen LogP) is 6.02. The Kier molecular flexibility index (Phi) is 5.87. The fourth-order valence-corrected chi connectivity index (χ4v) is 3.46. The van der Waals surface area contributed by atoms with Crippen LogP contribution in [-0.2, 0) is 6.42 Å². The number of carbonyl (C=O) groups is 1. The highest BCUT2D eigenvalue weighted by Crippen LogP contribution is 2.25. The van der Waals surface area contributed by atoms with Crippen LogP contribution in [0.5, 0.6) is 0 Å². The molecule has 0 radical (unpaired) electrons. The molecule has 0 fully saturated rings. The van der Waals surface area contributed by atoms with E-state index in [9.17, 15) is 4.79 Å². The molecule has 31 heavy (non-hydrogen) atoms. The average Bonchev–Trinajstić information content (AvgIpc) is 3.22. The van der Waals surface area contributed by atoms with Crippen LogP contribution in [0.1, 0.15) is 34.2 Å². The molecule has 0 aliphatic rings. The Morgan fingerprint density at radius 3 is 2.48 bits per heavy atom. The molecule has 1 N–H and O–H groups in total. The number of nitrogens with zero attached hydrogens (tertiary/aromatic N) is 3. The van der Waals surface area contributed by atoms with Crippen molar-refractivity contribution < 1.29 is 4.79 Å². The smallest absolute Gasteiger partial charge is 0.295 e. The number of rotatable bonds is 5. The number of amides is 1. The summed E-state index contributed by atoms with van der Waals surface area (Å²) in [4.78, 5) is 17.5. The summed E-state index contributed by atoms with van der Waals surface area (Å²) >= 11 is 6.35. The lowest BCUT2D eigenvalue weighted by atomic mass is 10.1. The number of halogens is 1. The maximum absolute atomic E-state index is 12.9. The van der Waals surface area contributed by atoms with Gasteiger partial charge in [-0.25, -0.2) is 9.67 Å². The van der Waals surface area contributed by atoms with Crippen LogP contribution in [0.3, 0.4) is 0 Å². The molecule has 0 unspecified atom stereocenters. The third kappa shape index (κ3) is 4.52. The van der Waals surface area contributed by atoms with Crippen LogP contribution in [0.25, 0.3) is 17.1 Å². The highest BCUT2D eigenvalue weighted by atomic mass is 35.5. The van der Waals surface area contributed by atoms with Gasteiger partial charge in [-0.3, -0.25) is 4.79 Å². The van der Waals surface area contributed by atoms with Crippen LogP contribution in [0.4, 0.5) is 5.69 Å². The summed E-state index contributed by atoms with van der Waals surface area (Å²) in [6, 6.07) is 21.4. The fourth-order valence-electron chi connectivity index (χ4n) is 3.28. The maximum atomic E-state index is 12.9. The fraction of sp³-hybridized carbons (Fsp3) is 0.160. The van der Waals surface area contributed by atoms with E-state index in [1.54, 1.807) is 4.68 Å². The number of hydrogen-bond acceptors (Lipinski definition) is 3. The lowest BCUT2D eigenvalue weighted by Gasteiger charge is -2.08. The zero-order valence-electron chi connectivity index (χ0n) is 17.7. The molecule has 0 saturated heterocycles. The van der Waals surface area contributed by atoms with Gasteiger partial charge in [0.05, 0.1) is 5.69 Å². The van der Waals surface area contributed by atoms with Crippen molar-refractivity contribution in [3.8, 4) is 17.1 Å². The zero-order valence-corrected chi connectivity index (χ0v) is 18.4. The van der Waals surface area contributed by atoms with E-state index >= 15 is 0 Å². The Morgan fingerprint density at radius 1 is 1.03 bits per heavy atom. The van der Waals surface area contributed by atoms with Gasteiger partial charge in [-0.05, 0) is 61.7 Å². The topological polar surface area (TPSA) is 59.8 Å². The van der Waals surface area contributed by atoms with Gasteiger partial charge in [0.25, 0.3) is 5.91 Å². The van der Waals surface area contributed by atoms with Gasteiger partial charge in [0.15, 0.2) is 5.82 Å². The number of aryl methyl sites for hydroxylation is 3. The van der Waals surface area contributed by atoms with Crippen molar-refractivity contribution in [2.45, 2.75) is 27.2 Å². The van der Waals surface area contributed by atoms with E-state index in [1.807, 2.05) is 80.6 Å². The van der Waals surface area contributed by atoms with Crippen LogP contribution in [0.2, 0.25) is 5.02 Å². The van der Waals surface area contributed by atoms with Crippen LogP contribution in [0, 0.1) is 13.8 Å². The van der Waals surface area contributed by atoms with Crippen molar-refractivity contribution in [1.29, 1.82) is 0 Å². The first-order valence-corrected chi connectivity index (χ1v) is 10.5. The Labute approximate surface area is 186 Å². The summed E-state index contributed by atoms with van der Waals surface area (Å²) in [5.41, 5.74) is 5.58. The van der Waals surface area contributed by atoms with E-state index in [4.69, 9.17) is 11.6 Å². The molecule has 1 heterocycles. The molecule has 0 saturated carbocycles. The molecule has 1 aromatic heterocycles. The molecule has 6 heteroatoms. The van der Waals surface area contributed by atoms with E-state index in [2.05, 4.69) is 22.3 Å². The summed E-state index contributed by atoms with van der Waals surface area (Å²) < 4.78 is 1.66. The zero-order chi connectivity index (χ0) is 22.0. The first kappa shape index (κ1) is 20.8. The quantitative estimate of drug-likeness (QED) is 0.421. The molecule has 0 spiro atoms. The minimum atomic E-state index is -0.366. The molecule has 4 rings (SSSR count). The van der Waals surface area contributed by atoms with E-state index in [1.165, 1.54) is 5.56 Å². The first-order valence-electron chi connectivity index (χ1n) is 10.2. The number of anilines is 1. The second-order valence-corrected chi connectivity index (χ2v) is 7.89. The highest BCUT2D eigenvalue weighted by Gasteiger charge is 2.19. The van der Waals surface area contributed by atoms with Crippen LogP contribution < -0.4 is 5.32 Å². The molecule has 0 atom stereocenters. The molecule has 0 aliphatic carbocycles. The number of aromatic nitrogens is 3. The summed E-state index contributed by atoms with van der Waals surface area (Å²) in [7, 11) is 0. The van der Waals surface area contributed by atoms with Gasteiger partial charge >= 0.3 is 0 Å². The average molecular weight is 431 g/mol. The van der Waals surface area contributed by atoms with Crippen molar-refractivity contribution in [3.05, 3.63) is 94.3 Å². The van der Waals surface area contributed by atoms with E-state index in [0.717, 1.165) is 28.8 Å². The van der Waals surface area contributed by atoms with Crippen molar-refractivity contribution in [2.75, 3.05) is 5.32 Å². The van der Waals surface area contributed by atoms with Gasteiger partial charge in [0, 0.05) is 16.3 Å². The number of hydrogen-bond donors (Lipinski definition) is 1. The maximum Gasteiger partial charge on any atom is 0.295 e. The summed E-state index contributed by atoms with van der Waals surface area (Å²) in [6.07, 6.45) is 0.944. The minimum Gasteiger partial charge on any atom is -0.319 e. The minimum absolute atomic E-state index is 0.0905. The van der Waals surface area contributed by atoms with Crippen LogP contribution in [0.15, 0.2) is 66.7 Å². The van der Waals surface area contributed by atoms with E-state index < -0.39 is 0 Å². The summed E-state index contributed by atoms with van der Waals surface area (Å²) in [5.74, 6) is 0.304. The standard InChI is InChI=1S/C25H23ClN4O/c1-4-18-9-11-20(12-10-18)27-25(31)23-28-24(19-7-5-6-16(2)14-19)30(29-23)21-13-8-17(3)22(26)15-21/h5-15H,4H2,1-3H3,(H,27,31). The molecule has 5 nitrogen and oxygen atoms in total. The number of nitrogens with one attached hydrogen (secondary N) is 1. The third-order valence-electron chi connectivity index (χ3n) is 5.11. The molecule has 4 aromatic rings. The molecule has 0 aliphatic heterocycles. The van der Waals surface area contributed by atoms with Gasteiger partial charge in [-0.2, -0.15) is 0 Å². The van der Waals surface area contributed by atoms with Gasteiger partial charge in [0.2, 0.25) is 5.82 Å². The highest BCUT2D eigenvalue weighted by molar-refractivity contribution is 6.31. The van der Waals surface area contributed by atoms with Crippen molar-refractivity contribution in [3.63, 3.8) is 0 Å². The molecular weight excluding hydrogens is 408 g/mol. The predicted molar refractivity (Wildman–Crippen MR) is 125 cm³/mol. The van der Waals surface area contributed by atoms with Gasteiger partial charge in [-0.15, -0.1) is 5.10 Å². The Bertz CT molecular complexity index is 1240. The lowest BCUT2D eigenvalue weighted by Crippen LogP contribution is -2.14. The normalized spacial score (nSPS) is 10.8.